The van der Waals surface area contributed by atoms with Crippen molar-refractivity contribution in [1.82, 2.24) is 9.80 Å². The number of hydrogen-bond acceptors (Lipinski definition) is 14. The van der Waals surface area contributed by atoms with Gasteiger partial charge in [0.15, 0.2) is 13.2 Å². The van der Waals surface area contributed by atoms with Gasteiger partial charge >= 0.3 is 41.5 Å². The van der Waals surface area contributed by atoms with Crippen molar-refractivity contribution in [2.75, 3.05) is 30.6 Å². The van der Waals surface area contributed by atoms with Crippen LogP contribution in [0.5, 0.6) is 11.5 Å². The van der Waals surface area contributed by atoms with Gasteiger partial charge in [-0.3, -0.25) is 24.0 Å². The molecule has 306 valence electrons. The number of benzene rings is 2. The topological polar surface area (TPSA) is 250 Å². The summed E-state index contributed by atoms with van der Waals surface area (Å²) in [5.74, 6) is -4.42. The van der Waals surface area contributed by atoms with Crippen LogP contribution in [0.3, 0.4) is 0 Å². The van der Waals surface area contributed by atoms with Gasteiger partial charge in [-0.15, -0.1) is 0 Å². The fraction of sp³-hybridized carbons (Fsp3) is 0.425. The molecule has 18 nitrogen and oxygen atoms in total. The quantitative estimate of drug-likeness (QED) is 0.0933. The molecule has 0 unspecified atom stereocenters. The number of aliphatic hydroxyl groups excluding tert-OH is 2. The number of anilines is 2. The monoisotopic (exact) mass is 824 g/mol. The van der Waals surface area contributed by atoms with Crippen LogP contribution >= 0.6 is 0 Å². The molecule has 2 fully saturated rings. The molecule has 0 aromatic heterocycles. The van der Waals surface area contributed by atoms with E-state index in [2.05, 4.69) is 10.6 Å². The number of nitrogens with one attached hydrogen (secondary N) is 2. The van der Waals surface area contributed by atoms with Crippen molar-refractivity contribution >= 4 is 64.1 Å². The van der Waals surface area contributed by atoms with Gasteiger partial charge in [-0.25, -0.2) is 4.79 Å². The number of aliphatic carboxylic acids is 1. The Morgan fingerprint density at radius 1 is 0.780 bits per heavy atom. The van der Waals surface area contributed by atoms with Crippen molar-refractivity contribution < 1.29 is 97.4 Å². The maximum Gasteiger partial charge on any atom is 1.00 e. The van der Waals surface area contributed by atoms with Gasteiger partial charge in [0.2, 0.25) is 18.6 Å². The van der Waals surface area contributed by atoms with Gasteiger partial charge in [-0.2, -0.15) is 0 Å². The van der Waals surface area contributed by atoms with E-state index in [4.69, 9.17) is 18.9 Å². The molecule has 0 aliphatic carbocycles. The largest absolute Gasteiger partial charge is 1.00 e. The molecule has 6 atom stereocenters. The van der Waals surface area contributed by atoms with Crippen LogP contribution in [0.4, 0.5) is 11.4 Å². The summed E-state index contributed by atoms with van der Waals surface area (Å²) in [6, 6.07) is 9.24. The van der Waals surface area contributed by atoms with Crippen LogP contribution < -0.4 is 54.8 Å². The summed E-state index contributed by atoms with van der Waals surface area (Å²) in [5.41, 5.74) is 2.16. The number of rotatable bonds is 8. The zero-order valence-corrected chi connectivity index (χ0v) is 35.2. The van der Waals surface area contributed by atoms with Crippen molar-refractivity contribution in [2.24, 2.45) is 17.3 Å². The van der Waals surface area contributed by atoms with Crippen molar-refractivity contribution in [3.05, 3.63) is 58.9 Å². The molecular weight excluding hydrogens is 783 g/mol. The smallest absolute Gasteiger partial charge is 0.543 e. The first kappa shape index (κ1) is 43.3. The predicted molar refractivity (Wildman–Crippen MR) is 197 cm³/mol. The number of carbonyl (C=O) groups is 7. The maximum absolute atomic E-state index is 13.0. The third-order valence-corrected chi connectivity index (χ3v) is 10.8. The molecular formula is C40H41N4NaO14. The number of carboxylic acid groups (broad SMARTS) is 1. The van der Waals surface area contributed by atoms with Crippen LogP contribution in [-0.2, 0) is 43.0 Å². The minimum atomic E-state index is -1.44. The normalized spacial score (nSPS) is 23.4. The SMILES string of the molecule is C[C@@H](O)[C@H]1C(=O)N2C(C(=O)OCOC(=O)C(C)(C)C)=C(c3ccc4c(c3)NC(=O)CO4)C[C@H]12.C[C@@H](O)[C@H]1C(=O)N2C(C(=O)[O-])=C(c3ccc4c(c3)NC(=O)CO4)C[C@H]12.[Na+]. The standard InChI is InChI=1S/C23H26N2O8.C17H16N2O6.Na/c1-11(26)18-15-8-13(12-5-6-16-14(7-12)24-17(27)9-31-16)19(25(15)20(18)28)21(29)32-10-33-22(30)23(2,3)4;1-7(20)14-11-5-9(15(17(23)24)19(11)16(14)22)8-2-3-12-10(4-8)18-13(21)6-25-12;/h5-7,11,15,18,26H,8-10H2,1-4H3,(H,24,27);2-4,7,11,14,20H,5-6H2,1H3,(H,18,21)(H,23,24);/q;;+1/p-1/t11-,15-,18-;7-,11-,14-;/m11./s1. The number of carbonyl (C=O) groups excluding carboxylic acids is 7. The fourth-order valence-corrected chi connectivity index (χ4v) is 8.00. The van der Waals surface area contributed by atoms with E-state index in [0.717, 1.165) is 0 Å². The molecule has 59 heavy (non-hydrogen) atoms. The summed E-state index contributed by atoms with van der Waals surface area (Å²) in [6.07, 6.45) is -1.11. The number of ether oxygens (including phenoxy) is 4. The number of esters is 2. The van der Waals surface area contributed by atoms with E-state index in [1.165, 1.54) is 23.6 Å². The second-order valence-corrected chi connectivity index (χ2v) is 15.8. The van der Waals surface area contributed by atoms with Gasteiger partial charge in [-0.1, -0.05) is 12.1 Å². The first-order chi connectivity index (χ1) is 27.4. The van der Waals surface area contributed by atoms with E-state index in [0.29, 0.717) is 58.0 Å². The van der Waals surface area contributed by atoms with Gasteiger partial charge < -0.3 is 59.5 Å². The van der Waals surface area contributed by atoms with Gasteiger partial charge in [0.1, 0.15) is 17.2 Å². The van der Waals surface area contributed by atoms with Crippen LogP contribution in [-0.4, -0.2) is 106 Å². The number of β-lactam (4-membered cyclic amide) rings is 2. The van der Waals surface area contributed by atoms with Gasteiger partial charge in [0, 0.05) is 0 Å². The number of amides is 4. The Bertz CT molecular complexity index is 2230. The predicted octanol–water partition coefficient (Wildman–Crippen LogP) is -2.48. The van der Waals surface area contributed by atoms with Crippen molar-refractivity contribution in [3.63, 3.8) is 0 Å². The van der Waals surface area contributed by atoms with Crippen LogP contribution in [0.15, 0.2) is 47.8 Å². The van der Waals surface area contributed by atoms with Gasteiger partial charge in [0.25, 0.3) is 11.8 Å². The fourth-order valence-electron chi connectivity index (χ4n) is 8.00. The maximum atomic E-state index is 13.0. The zero-order valence-electron chi connectivity index (χ0n) is 33.2. The second kappa shape index (κ2) is 16.4. The molecule has 0 spiro atoms. The van der Waals surface area contributed by atoms with Crippen LogP contribution in [0.1, 0.15) is 58.6 Å². The molecule has 6 aliphatic heterocycles. The summed E-state index contributed by atoms with van der Waals surface area (Å²) in [7, 11) is 0. The Hall–Kier alpha value is -5.27. The third-order valence-electron chi connectivity index (χ3n) is 10.8. The number of carboxylic acids is 1. The molecule has 2 aromatic carbocycles. The van der Waals surface area contributed by atoms with E-state index in [1.807, 2.05) is 0 Å². The van der Waals surface area contributed by atoms with Crippen LogP contribution in [0.25, 0.3) is 11.1 Å². The molecule has 0 bridgehead atoms. The van der Waals surface area contributed by atoms with Crippen molar-refractivity contribution in [2.45, 2.75) is 71.8 Å². The van der Waals surface area contributed by atoms with Crippen LogP contribution in [0, 0.1) is 17.3 Å². The Morgan fingerprint density at radius 2 is 1.22 bits per heavy atom. The van der Waals surface area contributed by atoms with E-state index in [-0.39, 0.29) is 71.9 Å². The van der Waals surface area contributed by atoms with Gasteiger partial charge in [-0.05, 0) is 94.0 Å². The molecule has 6 aliphatic rings. The molecule has 0 saturated carbocycles. The third kappa shape index (κ3) is 7.94. The Labute approximate surface area is 359 Å². The number of aliphatic hydroxyl groups is 2. The van der Waals surface area contributed by atoms with Crippen molar-refractivity contribution in [3.8, 4) is 11.5 Å². The summed E-state index contributed by atoms with van der Waals surface area (Å²) < 4.78 is 20.9. The Balaban J connectivity index is 0.000000202. The van der Waals surface area contributed by atoms with E-state index in [1.54, 1.807) is 57.2 Å². The minimum Gasteiger partial charge on any atom is -0.543 e. The van der Waals surface area contributed by atoms with E-state index >= 15 is 0 Å². The zero-order chi connectivity index (χ0) is 42.0. The Morgan fingerprint density at radius 3 is 1.64 bits per heavy atom. The second-order valence-electron chi connectivity index (χ2n) is 15.8. The van der Waals surface area contributed by atoms with E-state index in [9.17, 15) is 48.9 Å². The summed E-state index contributed by atoms with van der Waals surface area (Å²) in [5, 5.41) is 36.8. The van der Waals surface area contributed by atoms with Crippen molar-refractivity contribution in [1.29, 1.82) is 0 Å². The molecule has 19 heteroatoms. The summed E-state index contributed by atoms with van der Waals surface area (Å²) in [4.78, 5) is 87.2. The summed E-state index contributed by atoms with van der Waals surface area (Å²) in [6.45, 7) is 7.33. The average molecular weight is 825 g/mol. The van der Waals surface area contributed by atoms with E-state index < -0.39 is 72.2 Å². The molecule has 4 amide bonds. The number of nitrogens with zero attached hydrogens (tertiary/aromatic N) is 2. The molecule has 6 heterocycles. The minimum absolute atomic E-state index is 0. The Kier molecular flexibility index (Phi) is 12.0. The van der Waals surface area contributed by atoms with Crippen LogP contribution in [0.2, 0.25) is 0 Å². The average Bonchev–Trinajstić information content (AvgIpc) is 3.67. The molecule has 4 N–H and O–H groups in total. The molecule has 8 rings (SSSR count). The van der Waals surface area contributed by atoms with Gasteiger partial charge in [0.05, 0.1) is 64.6 Å². The molecule has 0 radical (unpaired) electrons. The summed E-state index contributed by atoms with van der Waals surface area (Å²) >= 11 is 0. The number of fused-ring (bicyclic) bond motifs is 4. The molecule has 2 aromatic rings. The first-order valence-corrected chi connectivity index (χ1v) is 18.6. The first-order valence-electron chi connectivity index (χ1n) is 18.6. The molecule has 2 saturated heterocycles. The number of hydrogen-bond donors (Lipinski definition) is 4.